The highest BCUT2D eigenvalue weighted by Gasteiger charge is 2.24. The number of carbonyl (C=O) groups excluding carboxylic acids is 2. The van der Waals surface area contributed by atoms with Crippen molar-refractivity contribution in [2.75, 3.05) is 5.32 Å². The molecule has 0 aliphatic heterocycles. The number of ether oxygens (including phenoxy) is 1. The molecular formula is C18H20N2O6. The van der Waals surface area contributed by atoms with Gasteiger partial charge in [-0.15, -0.1) is 0 Å². The summed E-state index contributed by atoms with van der Waals surface area (Å²) in [5, 5.41) is 13.3. The van der Waals surface area contributed by atoms with Crippen LogP contribution in [-0.2, 0) is 9.53 Å². The maximum absolute atomic E-state index is 12.3. The van der Waals surface area contributed by atoms with Crippen LogP contribution in [0, 0.1) is 10.1 Å². The zero-order chi connectivity index (χ0) is 19.3. The van der Waals surface area contributed by atoms with Gasteiger partial charge < -0.3 is 14.5 Å². The minimum Gasteiger partial charge on any atom is -0.447 e. The summed E-state index contributed by atoms with van der Waals surface area (Å²) < 4.78 is 9.79. The number of para-hydroxylation sites is 1. The molecule has 0 unspecified atom stereocenters. The first-order valence-electron chi connectivity index (χ1n) is 8.18. The Balaban J connectivity index is 2.03. The summed E-state index contributed by atoms with van der Waals surface area (Å²) in [7, 11) is 0. The van der Waals surface area contributed by atoms with E-state index in [9.17, 15) is 19.7 Å². The molecule has 2 aromatic rings. The number of hydrogen-bond acceptors (Lipinski definition) is 6. The smallest absolute Gasteiger partial charge is 0.433 e. The standard InChI is InChI=1S/C18H20N2O6/c1-4-11(2)13-7-5-6-8-14(13)19-17(21)12(3)25-18(22)15-9-10-16(26-15)20(23)24/h5-12H,4H2,1-3H3,(H,19,21)/t11-,12-/m1/s1. The lowest BCUT2D eigenvalue weighted by molar-refractivity contribution is -0.402. The topological polar surface area (TPSA) is 112 Å². The van der Waals surface area contributed by atoms with Crippen LogP contribution in [-0.4, -0.2) is 22.9 Å². The van der Waals surface area contributed by atoms with Gasteiger partial charge in [0.05, 0.1) is 6.07 Å². The third-order valence-electron chi connectivity index (χ3n) is 3.99. The fourth-order valence-corrected chi connectivity index (χ4v) is 2.30. The van der Waals surface area contributed by atoms with E-state index in [1.807, 2.05) is 12.1 Å². The third kappa shape index (κ3) is 4.47. The van der Waals surface area contributed by atoms with Crippen LogP contribution in [0.4, 0.5) is 11.6 Å². The van der Waals surface area contributed by atoms with Crippen molar-refractivity contribution in [3.63, 3.8) is 0 Å². The van der Waals surface area contributed by atoms with Gasteiger partial charge in [0, 0.05) is 5.69 Å². The SMILES string of the molecule is CC[C@@H](C)c1ccccc1NC(=O)[C@@H](C)OC(=O)c1ccc([N+](=O)[O-])o1. The number of benzene rings is 1. The molecule has 0 bridgehead atoms. The molecule has 138 valence electrons. The predicted molar refractivity (Wildman–Crippen MR) is 94.0 cm³/mol. The molecule has 8 nitrogen and oxygen atoms in total. The average molecular weight is 360 g/mol. The summed E-state index contributed by atoms with van der Waals surface area (Å²) in [5.74, 6) is -2.10. The number of rotatable bonds is 7. The van der Waals surface area contributed by atoms with Crippen LogP contribution in [0.15, 0.2) is 40.8 Å². The molecule has 1 aromatic heterocycles. The van der Waals surface area contributed by atoms with Gasteiger partial charge in [-0.3, -0.25) is 14.9 Å². The molecular weight excluding hydrogens is 340 g/mol. The lowest BCUT2D eigenvalue weighted by atomic mass is 9.97. The van der Waals surface area contributed by atoms with E-state index in [4.69, 9.17) is 9.15 Å². The monoisotopic (exact) mass is 360 g/mol. The van der Waals surface area contributed by atoms with Gasteiger partial charge in [0.25, 0.3) is 5.91 Å². The number of carbonyl (C=O) groups is 2. The first-order chi connectivity index (χ1) is 12.3. The summed E-state index contributed by atoms with van der Waals surface area (Å²) in [6.45, 7) is 5.52. The Morgan fingerprint density at radius 3 is 2.54 bits per heavy atom. The quantitative estimate of drug-likeness (QED) is 0.455. The van der Waals surface area contributed by atoms with Crippen molar-refractivity contribution in [1.82, 2.24) is 0 Å². The number of hydrogen-bond donors (Lipinski definition) is 1. The molecule has 1 N–H and O–H groups in total. The lowest BCUT2D eigenvalue weighted by Crippen LogP contribution is -2.30. The van der Waals surface area contributed by atoms with Crippen LogP contribution in [0.2, 0.25) is 0 Å². The van der Waals surface area contributed by atoms with E-state index in [0.717, 1.165) is 24.1 Å². The molecule has 2 rings (SSSR count). The van der Waals surface area contributed by atoms with Crippen molar-refractivity contribution < 1.29 is 23.7 Å². The Morgan fingerprint density at radius 1 is 1.23 bits per heavy atom. The molecule has 8 heteroatoms. The van der Waals surface area contributed by atoms with Gasteiger partial charge in [0.15, 0.2) is 6.10 Å². The van der Waals surface area contributed by atoms with E-state index in [1.54, 1.807) is 12.1 Å². The maximum Gasteiger partial charge on any atom is 0.433 e. The molecule has 0 fully saturated rings. The summed E-state index contributed by atoms with van der Waals surface area (Å²) >= 11 is 0. The van der Waals surface area contributed by atoms with Gasteiger partial charge in [-0.1, -0.05) is 32.0 Å². The number of nitro groups is 1. The van der Waals surface area contributed by atoms with Crippen LogP contribution in [0.25, 0.3) is 0 Å². The van der Waals surface area contributed by atoms with E-state index < -0.39 is 28.8 Å². The van der Waals surface area contributed by atoms with Crippen LogP contribution in [0.5, 0.6) is 0 Å². The number of anilines is 1. The number of nitrogens with one attached hydrogen (secondary N) is 1. The molecule has 1 amide bonds. The minimum absolute atomic E-state index is 0.257. The largest absolute Gasteiger partial charge is 0.447 e. The summed E-state index contributed by atoms with van der Waals surface area (Å²) in [6, 6.07) is 9.59. The molecule has 0 aliphatic rings. The Morgan fingerprint density at radius 2 is 1.92 bits per heavy atom. The van der Waals surface area contributed by atoms with Crippen molar-refractivity contribution in [2.45, 2.75) is 39.2 Å². The zero-order valence-corrected chi connectivity index (χ0v) is 14.7. The summed E-state index contributed by atoms with van der Waals surface area (Å²) in [5.41, 5.74) is 1.65. The fourth-order valence-electron chi connectivity index (χ4n) is 2.30. The van der Waals surface area contributed by atoms with Crippen molar-refractivity contribution >= 4 is 23.4 Å². The Hall–Kier alpha value is -3.16. The number of esters is 1. The summed E-state index contributed by atoms with van der Waals surface area (Å²) in [4.78, 5) is 34.1. The van der Waals surface area contributed by atoms with Gasteiger partial charge in [0.1, 0.15) is 4.92 Å². The second kappa shape index (κ2) is 8.28. The molecule has 1 aromatic carbocycles. The van der Waals surface area contributed by atoms with Gasteiger partial charge >= 0.3 is 11.9 Å². The van der Waals surface area contributed by atoms with Crippen molar-refractivity contribution in [3.8, 4) is 0 Å². The number of amides is 1. The van der Waals surface area contributed by atoms with Crippen LogP contribution in [0.1, 0.15) is 49.2 Å². The van der Waals surface area contributed by atoms with Crippen LogP contribution in [0.3, 0.4) is 0 Å². The molecule has 1 heterocycles. The Bertz CT molecular complexity index is 814. The molecule has 0 saturated heterocycles. The highest BCUT2D eigenvalue weighted by molar-refractivity contribution is 5.97. The normalized spacial score (nSPS) is 12.9. The first kappa shape index (κ1) is 19.2. The minimum atomic E-state index is -1.10. The lowest BCUT2D eigenvalue weighted by Gasteiger charge is -2.17. The average Bonchev–Trinajstić information content (AvgIpc) is 3.12. The van der Waals surface area contributed by atoms with Crippen molar-refractivity contribution in [1.29, 1.82) is 0 Å². The third-order valence-corrected chi connectivity index (χ3v) is 3.99. The fraction of sp³-hybridized carbons (Fsp3) is 0.333. The van der Waals surface area contributed by atoms with E-state index in [-0.39, 0.29) is 11.7 Å². The number of nitrogens with zero attached hydrogens (tertiary/aromatic N) is 1. The predicted octanol–water partition coefficient (Wildman–Crippen LogP) is 3.89. The van der Waals surface area contributed by atoms with Crippen LogP contribution >= 0.6 is 0 Å². The van der Waals surface area contributed by atoms with Gasteiger partial charge in [-0.25, -0.2) is 4.79 Å². The van der Waals surface area contributed by atoms with E-state index >= 15 is 0 Å². The van der Waals surface area contributed by atoms with E-state index in [2.05, 4.69) is 19.2 Å². The van der Waals surface area contributed by atoms with E-state index in [1.165, 1.54) is 6.92 Å². The zero-order valence-electron chi connectivity index (χ0n) is 14.7. The Kier molecular flexibility index (Phi) is 6.11. The second-order valence-corrected chi connectivity index (χ2v) is 5.83. The molecule has 0 saturated carbocycles. The maximum atomic E-state index is 12.3. The summed E-state index contributed by atoms with van der Waals surface area (Å²) in [6.07, 6.45) is -0.189. The number of furan rings is 1. The molecule has 26 heavy (non-hydrogen) atoms. The molecule has 0 spiro atoms. The Labute approximate surface area is 150 Å². The van der Waals surface area contributed by atoms with Crippen molar-refractivity contribution in [2.24, 2.45) is 0 Å². The molecule has 0 radical (unpaired) electrons. The van der Waals surface area contributed by atoms with Gasteiger partial charge in [0.2, 0.25) is 5.76 Å². The van der Waals surface area contributed by atoms with Gasteiger partial charge in [-0.05, 0) is 37.0 Å². The first-order valence-corrected chi connectivity index (χ1v) is 8.18. The molecule has 2 atom stereocenters. The molecule has 0 aliphatic carbocycles. The highest BCUT2D eigenvalue weighted by Crippen LogP contribution is 2.26. The van der Waals surface area contributed by atoms with Crippen molar-refractivity contribution in [3.05, 3.63) is 57.8 Å². The highest BCUT2D eigenvalue weighted by atomic mass is 16.7. The van der Waals surface area contributed by atoms with Crippen LogP contribution < -0.4 is 5.32 Å². The van der Waals surface area contributed by atoms with E-state index in [0.29, 0.717) is 5.69 Å². The second-order valence-electron chi connectivity index (χ2n) is 5.83. The van der Waals surface area contributed by atoms with Gasteiger partial charge in [-0.2, -0.15) is 0 Å².